The van der Waals surface area contributed by atoms with Crippen LogP contribution in [0.2, 0.25) is 0 Å². The second kappa shape index (κ2) is 4.59. The molecular weight excluding hydrogens is 264 g/mol. The fourth-order valence-electron chi connectivity index (χ4n) is 1.90. The molecule has 0 bridgehead atoms. The van der Waals surface area contributed by atoms with Crippen molar-refractivity contribution < 1.29 is 18.6 Å². The highest BCUT2D eigenvalue weighted by Gasteiger charge is 2.27. The average Bonchev–Trinajstić information content (AvgIpc) is 2.34. The van der Waals surface area contributed by atoms with Crippen LogP contribution in [0, 0.1) is 13.8 Å². The second-order valence-electron chi connectivity index (χ2n) is 4.35. The van der Waals surface area contributed by atoms with Gasteiger partial charge in [-0.2, -0.15) is 0 Å². The zero-order valence-corrected chi connectivity index (χ0v) is 11.4. The largest absolute Gasteiger partial charge is 0.507 e. The summed E-state index contributed by atoms with van der Waals surface area (Å²) in [5.74, 6) is -0.606. The quantitative estimate of drug-likeness (QED) is 0.885. The molecule has 4 nitrogen and oxygen atoms in total. The molecule has 0 spiro atoms. The van der Waals surface area contributed by atoms with Crippen molar-refractivity contribution in [1.82, 2.24) is 0 Å². The first kappa shape index (κ1) is 13.4. The van der Waals surface area contributed by atoms with E-state index in [1.165, 1.54) is 24.3 Å². The van der Waals surface area contributed by atoms with Gasteiger partial charge in [0, 0.05) is 0 Å². The van der Waals surface area contributed by atoms with Gasteiger partial charge in [-0.05, 0) is 37.1 Å². The van der Waals surface area contributed by atoms with Gasteiger partial charge in [-0.25, -0.2) is 8.42 Å². The summed E-state index contributed by atoms with van der Waals surface area (Å²) in [6.45, 7) is 3.23. The number of para-hydroxylation sites is 1. The summed E-state index contributed by atoms with van der Waals surface area (Å²) < 4.78 is 25.1. The Bertz CT molecular complexity index is 733. The van der Waals surface area contributed by atoms with Crippen molar-refractivity contribution in [1.29, 1.82) is 0 Å². The number of hydrogen-bond donors (Lipinski definition) is 2. The molecule has 0 saturated carbocycles. The Morgan fingerprint density at radius 2 is 1.47 bits per heavy atom. The van der Waals surface area contributed by atoms with Crippen LogP contribution in [-0.2, 0) is 9.84 Å². The van der Waals surface area contributed by atoms with Gasteiger partial charge in [-0.1, -0.05) is 24.3 Å². The van der Waals surface area contributed by atoms with Crippen molar-refractivity contribution in [2.75, 3.05) is 0 Å². The smallest absolute Gasteiger partial charge is 0.214 e. The van der Waals surface area contributed by atoms with E-state index in [1.807, 2.05) is 0 Å². The molecular formula is C14H14O4S. The summed E-state index contributed by atoms with van der Waals surface area (Å²) in [5, 5.41) is 19.7. The number of hydrogen-bond acceptors (Lipinski definition) is 4. The minimum atomic E-state index is -3.95. The van der Waals surface area contributed by atoms with Crippen molar-refractivity contribution in [3.8, 4) is 11.5 Å². The van der Waals surface area contributed by atoms with Crippen LogP contribution < -0.4 is 0 Å². The predicted octanol–water partition coefficient (Wildman–Crippen LogP) is 2.55. The highest BCUT2D eigenvalue weighted by atomic mass is 32.2. The third kappa shape index (κ3) is 2.17. The Morgan fingerprint density at radius 1 is 0.895 bits per heavy atom. The van der Waals surface area contributed by atoms with Gasteiger partial charge in [0.25, 0.3) is 0 Å². The van der Waals surface area contributed by atoms with E-state index in [0.29, 0.717) is 11.1 Å². The maximum atomic E-state index is 12.5. The van der Waals surface area contributed by atoms with Gasteiger partial charge in [0.15, 0.2) is 0 Å². The Labute approximate surface area is 111 Å². The molecule has 0 aliphatic heterocycles. The van der Waals surface area contributed by atoms with Gasteiger partial charge < -0.3 is 10.2 Å². The van der Waals surface area contributed by atoms with Crippen LogP contribution >= 0.6 is 0 Å². The van der Waals surface area contributed by atoms with Gasteiger partial charge in [0.2, 0.25) is 9.84 Å². The third-order valence-corrected chi connectivity index (χ3v) is 4.93. The van der Waals surface area contributed by atoms with Crippen LogP contribution in [0.3, 0.4) is 0 Å². The molecule has 5 heteroatoms. The molecule has 100 valence electrons. The normalized spacial score (nSPS) is 11.5. The second-order valence-corrected chi connectivity index (χ2v) is 6.20. The first-order valence-corrected chi connectivity index (χ1v) is 7.16. The Kier molecular flexibility index (Phi) is 3.24. The van der Waals surface area contributed by atoms with E-state index in [1.54, 1.807) is 26.0 Å². The van der Waals surface area contributed by atoms with Crippen LogP contribution in [0.1, 0.15) is 11.1 Å². The Balaban J connectivity index is 2.79. The van der Waals surface area contributed by atoms with E-state index in [9.17, 15) is 18.6 Å². The molecule has 0 saturated heterocycles. The maximum absolute atomic E-state index is 12.5. The minimum Gasteiger partial charge on any atom is -0.507 e. The van der Waals surface area contributed by atoms with Crippen LogP contribution in [0.25, 0.3) is 0 Å². The lowest BCUT2D eigenvalue weighted by atomic mass is 10.1. The number of phenols is 2. The van der Waals surface area contributed by atoms with E-state index in [0.717, 1.165) is 0 Å². The molecule has 2 aromatic rings. The number of sulfone groups is 1. The van der Waals surface area contributed by atoms with Crippen molar-refractivity contribution in [2.45, 2.75) is 23.6 Å². The summed E-state index contributed by atoms with van der Waals surface area (Å²) in [6.07, 6.45) is 0. The van der Waals surface area contributed by atoms with Crippen molar-refractivity contribution >= 4 is 9.84 Å². The van der Waals surface area contributed by atoms with Gasteiger partial charge in [-0.15, -0.1) is 0 Å². The predicted molar refractivity (Wildman–Crippen MR) is 71.1 cm³/mol. The molecule has 0 amide bonds. The average molecular weight is 278 g/mol. The number of phenolic OH excluding ortho intramolecular Hbond substituents is 2. The van der Waals surface area contributed by atoms with Crippen LogP contribution in [0.5, 0.6) is 11.5 Å². The van der Waals surface area contributed by atoms with Crippen LogP contribution in [0.15, 0.2) is 46.2 Å². The number of benzene rings is 2. The lowest BCUT2D eigenvalue weighted by Crippen LogP contribution is -2.05. The van der Waals surface area contributed by atoms with E-state index in [4.69, 9.17) is 0 Å². The zero-order chi connectivity index (χ0) is 14.2. The fraction of sp³-hybridized carbons (Fsp3) is 0.143. The molecule has 0 aliphatic carbocycles. The van der Waals surface area contributed by atoms with Gasteiger partial charge in [0.05, 0.1) is 0 Å². The highest BCUT2D eigenvalue weighted by molar-refractivity contribution is 7.91. The van der Waals surface area contributed by atoms with Crippen molar-refractivity contribution in [3.63, 3.8) is 0 Å². The van der Waals surface area contributed by atoms with Crippen LogP contribution in [0.4, 0.5) is 0 Å². The van der Waals surface area contributed by atoms with E-state index in [2.05, 4.69) is 0 Å². The van der Waals surface area contributed by atoms with Gasteiger partial charge in [-0.3, -0.25) is 0 Å². The zero-order valence-electron chi connectivity index (χ0n) is 10.6. The summed E-state index contributed by atoms with van der Waals surface area (Å²) >= 11 is 0. The number of rotatable bonds is 2. The summed E-state index contributed by atoms with van der Waals surface area (Å²) in [4.78, 5) is -0.368. The minimum absolute atomic E-state index is 0.158. The molecule has 0 aliphatic rings. The molecule has 2 aromatic carbocycles. The van der Waals surface area contributed by atoms with E-state index >= 15 is 0 Å². The monoisotopic (exact) mass is 278 g/mol. The van der Waals surface area contributed by atoms with Gasteiger partial charge >= 0.3 is 0 Å². The summed E-state index contributed by atoms with van der Waals surface area (Å²) in [5.41, 5.74) is 0.908. The first-order chi connectivity index (χ1) is 8.85. The molecule has 0 unspecified atom stereocenters. The molecule has 0 heterocycles. The lowest BCUT2D eigenvalue weighted by Gasteiger charge is -2.12. The third-order valence-electron chi connectivity index (χ3n) is 2.95. The summed E-state index contributed by atoms with van der Waals surface area (Å²) in [7, 11) is -3.95. The molecule has 0 fully saturated rings. The standard InChI is InChI=1S/C14H14O4S/c1-9-7-8-10(2)14(13(9)16)19(17,18)12-6-4-3-5-11(12)15/h3-8,15-16H,1-2H3. The molecule has 2 N–H and O–H groups in total. The van der Waals surface area contributed by atoms with E-state index in [-0.39, 0.29) is 21.3 Å². The highest BCUT2D eigenvalue weighted by Crippen LogP contribution is 2.36. The van der Waals surface area contributed by atoms with E-state index < -0.39 is 9.84 Å². The molecule has 19 heavy (non-hydrogen) atoms. The van der Waals surface area contributed by atoms with Gasteiger partial charge in [0.1, 0.15) is 21.3 Å². The summed E-state index contributed by atoms with van der Waals surface area (Å²) in [6, 6.07) is 8.95. The molecule has 2 rings (SSSR count). The maximum Gasteiger partial charge on any atom is 0.214 e. The molecule has 0 aromatic heterocycles. The van der Waals surface area contributed by atoms with Crippen molar-refractivity contribution in [2.24, 2.45) is 0 Å². The lowest BCUT2D eigenvalue weighted by molar-refractivity contribution is 0.449. The number of aromatic hydroxyl groups is 2. The molecule has 0 atom stereocenters. The first-order valence-electron chi connectivity index (χ1n) is 5.68. The van der Waals surface area contributed by atoms with Crippen LogP contribution in [-0.4, -0.2) is 18.6 Å². The number of aryl methyl sites for hydroxylation is 2. The fourth-order valence-corrected chi connectivity index (χ4v) is 3.63. The molecule has 0 radical (unpaired) electrons. The Hall–Kier alpha value is -2.01. The van der Waals surface area contributed by atoms with Crippen molar-refractivity contribution in [3.05, 3.63) is 47.5 Å². The SMILES string of the molecule is Cc1ccc(C)c(S(=O)(=O)c2ccccc2O)c1O. The topological polar surface area (TPSA) is 74.6 Å². The Morgan fingerprint density at radius 3 is 2.11 bits per heavy atom.